The standard InChI is InChI=1S/C28H31NO3SSi/c1-6-13-25(33(30,31)24-20-18-23(2)19-21-24)22-29-32-34(28(3,4)5,26-14-9-7-10-15-26)27-16-11-8-12-17-27/h7-22,25H,1H2,2-5H3/b29-22+. The molecule has 6 heteroatoms. The van der Waals surface area contributed by atoms with Gasteiger partial charge in [0.15, 0.2) is 9.84 Å². The van der Waals surface area contributed by atoms with Crippen LogP contribution in [0.4, 0.5) is 0 Å². The van der Waals surface area contributed by atoms with Gasteiger partial charge in [-0.05, 0) is 35.5 Å². The first kappa shape index (κ1) is 25.4. The maximum absolute atomic E-state index is 13.3. The minimum absolute atomic E-state index is 0.214. The molecular weight excluding hydrogens is 458 g/mol. The molecule has 3 aromatic rings. The van der Waals surface area contributed by atoms with E-state index < -0.39 is 23.4 Å². The molecule has 3 rings (SSSR count). The minimum atomic E-state index is -3.73. The highest BCUT2D eigenvalue weighted by atomic mass is 32.2. The van der Waals surface area contributed by atoms with Gasteiger partial charge in [-0.1, -0.05) is 106 Å². The van der Waals surface area contributed by atoms with Gasteiger partial charge in [-0.15, -0.1) is 10.9 Å². The maximum Gasteiger partial charge on any atom is 0.354 e. The van der Waals surface area contributed by atoms with Crippen LogP contribution < -0.4 is 10.4 Å². The fraction of sp³-hybridized carbons (Fsp3) is 0.214. The van der Waals surface area contributed by atoms with Gasteiger partial charge in [0.25, 0.3) is 0 Å². The van der Waals surface area contributed by atoms with Crippen LogP contribution in [0, 0.1) is 6.92 Å². The molecule has 0 aliphatic carbocycles. The number of rotatable bonds is 8. The predicted octanol–water partition coefficient (Wildman–Crippen LogP) is 5.04. The van der Waals surface area contributed by atoms with Crippen LogP contribution >= 0.6 is 0 Å². The van der Waals surface area contributed by atoms with Gasteiger partial charge in [-0.3, -0.25) is 0 Å². The number of aryl methyl sites for hydroxylation is 1. The van der Waals surface area contributed by atoms with Crippen LogP contribution in [0.15, 0.2) is 113 Å². The van der Waals surface area contributed by atoms with E-state index in [1.807, 2.05) is 43.3 Å². The molecule has 34 heavy (non-hydrogen) atoms. The first-order valence-corrected chi connectivity index (χ1v) is 14.6. The molecule has 0 bridgehead atoms. The Morgan fingerprint density at radius 2 is 1.41 bits per heavy atom. The third kappa shape index (κ3) is 5.15. The van der Waals surface area contributed by atoms with Crippen molar-refractivity contribution >= 4 is 34.7 Å². The monoisotopic (exact) mass is 489 g/mol. The average Bonchev–Trinajstić information content (AvgIpc) is 2.82. The smallest absolute Gasteiger partial charge is 0.354 e. The van der Waals surface area contributed by atoms with E-state index in [1.165, 1.54) is 12.3 Å². The minimum Gasteiger partial charge on any atom is -0.443 e. The Balaban J connectivity index is 2.08. The quantitative estimate of drug-likeness (QED) is 0.193. The third-order valence-electron chi connectivity index (χ3n) is 5.80. The van der Waals surface area contributed by atoms with Gasteiger partial charge in [0, 0.05) is 5.04 Å². The molecule has 4 nitrogen and oxygen atoms in total. The Hall–Kier alpha value is -3.18. The summed E-state index contributed by atoms with van der Waals surface area (Å²) in [5, 5.41) is 5.13. The normalized spacial score (nSPS) is 13.3. The zero-order valence-corrected chi connectivity index (χ0v) is 21.9. The SMILES string of the molecule is C=C=CC(/C=N/O[Si](c1ccccc1)(c1ccccc1)C(C)(C)C)S(=O)(=O)c1ccc(C)cc1. The Kier molecular flexibility index (Phi) is 7.77. The molecule has 0 aromatic heterocycles. The Morgan fingerprint density at radius 3 is 1.85 bits per heavy atom. The second-order valence-electron chi connectivity index (χ2n) is 9.20. The molecule has 1 atom stereocenters. The van der Waals surface area contributed by atoms with E-state index in [4.69, 9.17) is 4.53 Å². The molecule has 0 radical (unpaired) electrons. The molecule has 0 N–H and O–H groups in total. The van der Waals surface area contributed by atoms with Gasteiger partial charge in [-0.25, -0.2) is 8.42 Å². The lowest BCUT2D eigenvalue weighted by Crippen LogP contribution is -2.65. The second-order valence-corrected chi connectivity index (χ2v) is 15.5. The Bertz CT molecular complexity index is 1230. The molecule has 176 valence electrons. The van der Waals surface area contributed by atoms with Crippen LogP contribution in [0.2, 0.25) is 5.04 Å². The largest absolute Gasteiger partial charge is 0.443 e. The second kappa shape index (κ2) is 10.4. The molecule has 0 amide bonds. The first-order chi connectivity index (χ1) is 16.1. The summed E-state index contributed by atoms with van der Waals surface area (Å²) in [6, 6.07) is 26.9. The fourth-order valence-electron chi connectivity index (χ4n) is 4.00. The summed E-state index contributed by atoms with van der Waals surface area (Å²) >= 11 is 0. The number of nitrogens with zero attached hydrogens (tertiary/aromatic N) is 1. The highest BCUT2D eigenvalue weighted by molar-refractivity contribution is 7.93. The summed E-state index contributed by atoms with van der Waals surface area (Å²) in [7, 11) is -6.66. The van der Waals surface area contributed by atoms with Crippen molar-refractivity contribution in [2.24, 2.45) is 5.16 Å². The van der Waals surface area contributed by atoms with Gasteiger partial charge < -0.3 is 4.53 Å². The molecule has 3 aromatic carbocycles. The molecule has 0 spiro atoms. The van der Waals surface area contributed by atoms with E-state index in [1.54, 1.807) is 24.3 Å². The summed E-state index contributed by atoms with van der Waals surface area (Å²) in [6.45, 7) is 11.9. The van der Waals surface area contributed by atoms with Gasteiger partial charge >= 0.3 is 8.32 Å². The van der Waals surface area contributed by atoms with Gasteiger partial charge in [-0.2, -0.15) is 0 Å². The van der Waals surface area contributed by atoms with Crippen molar-refractivity contribution in [3.63, 3.8) is 0 Å². The van der Waals surface area contributed by atoms with E-state index >= 15 is 0 Å². The summed E-state index contributed by atoms with van der Waals surface area (Å²) < 4.78 is 33.1. The molecular formula is C28H31NO3SSi. The summed E-state index contributed by atoms with van der Waals surface area (Å²) in [6.07, 6.45) is 2.74. The van der Waals surface area contributed by atoms with Gasteiger partial charge in [0.05, 0.1) is 11.1 Å². The van der Waals surface area contributed by atoms with Crippen LogP contribution in [-0.4, -0.2) is 28.2 Å². The number of benzene rings is 3. The Labute approximate surface area is 204 Å². The van der Waals surface area contributed by atoms with Crippen molar-refractivity contribution in [1.82, 2.24) is 0 Å². The van der Waals surface area contributed by atoms with Crippen LogP contribution in [0.1, 0.15) is 26.3 Å². The van der Waals surface area contributed by atoms with E-state index in [0.29, 0.717) is 0 Å². The molecule has 0 aliphatic rings. The maximum atomic E-state index is 13.3. The zero-order valence-electron chi connectivity index (χ0n) is 20.1. The van der Waals surface area contributed by atoms with Crippen molar-refractivity contribution in [1.29, 1.82) is 0 Å². The fourth-order valence-corrected chi connectivity index (χ4v) is 9.41. The molecule has 0 saturated carbocycles. The number of hydrogen-bond donors (Lipinski definition) is 0. The third-order valence-corrected chi connectivity index (χ3v) is 12.5. The van der Waals surface area contributed by atoms with E-state index in [0.717, 1.165) is 15.9 Å². The lowest BCUT2D eigenvalue weighted by molar-refractivity contribution is 0.320. The molecule has 0 aliphatic heterocycles. The van der Waals surface area contributed by atoms with Crippen LogP contribution in [-0.2, 0) is 14.4 Å². The van der Waals surface area contributed by atoms with Crippen molar-refractivity contribution in [3.05, 3.63) is 109 Å². The molecule has 0 fully saturated rings. The van der Waals surface area contributed by atoms with Gasteiger partial charge in [0.2, 0.25) is 0 Å². The van der Waals surface area contributed by atoms with Crippen molar-refractivity contribution in [2.45, 2.75) is 42.9 Å². The summed E-state index contributed by atoms with van der Waals surface area (Å²) in [5.74, 6) is 0. The lowest BCUT2D eigenvalue weighted by atomic mass is 10.2. The number of sulfone groups is 1. The van der Waals surface area contributed by atoms with Crippen molar-refractivity contribution < 1.29 is 12.9 Å². The topological polar surface area (TPSA) is 55.7 Å². The first-order valence-electron chi connectivity index (χ1n) is 11.1. The van der Waals surface area contributed by atoms with Crippen LogP contribution in [0.3, 0.4) is 0 Å². The summed E-state index contributed by atoms with van der Waals surface area (Å²) in [5.41, 5.74) is 3.59. The molecule has 1 unspecified atom stereocenters. The van der Waals surface area contributed by atoms with Crippen molar-refractivity contribution in [2.75, 3.05) is 0 Å². The van der Waals surface area contributed by atoms with Gasteiger partial charge in [0.1, 0.15) is 5.25 Å². The highest BCUT2D eigenvalue weighted by Crippen LogP contribution is 2.36. The van der Waals surface area contributed by atoms with E-state index in [9.17, 15) is 8.42 Å². The lowest BCUT2D eigenvalue weighted by Gasteiger charge is -2.40. The Morgan fingerprint density at radius 1 is 0.912 bits per heavy atom. The van der Waals surface area contributed by atoms with Crippen molar-refractivity contribution in [3.8, 4) is 0 Å². The van der Waals surface area contributed by atoms with E-state index in [-0.39, 0.29) is 9.93 Å². The van der Waals surface area contributed by atoms with E-state index in [2.05, 4.69) is 62.5 Å². The average molecular weight is 490 g/mol. The number of hydrogen-bond acceptors (Lipinski definition) is 4. The zero-order chi connectivity index (χ0) is 24.8. The molecule has 0 saturated heterocycles. The number of oxime groups is 1. The predicted molar refractivity (Wildman–Crippen MR) is 143 cm³/mol. The highest BCUT2D eigenvalue weighted by Gasteiger charge is 2.53. The summed E-state index contributed by atoms with van der Waals surface area (Å²) in [4.78, 5) is 0.214. The van der Waals surface area contributed by atoms with Crippen LogP contribution in [0.5, 0.6) is 0 Å². The molecule has 0 heterocycles. The van der Waals surface area contributed by atoms with Crippen LogP contribution in [0.25, 0.3) is 0 Å².